The predicted molar refractivity (Wildman–Crippen MR) is 83.2 cm³/mol. The van der Waals surface area contributed by atoms with Gasteiger partial charge in [-0.2, -0.15) is 13.2 Å². The molecule has 0 fully saturated rings. The Morgan fingerprint density at radius 1 is 1.26 bits per heavy atom. The highest BCUT2D eigenvalue weighted by Crippen LogP contribution is 2.14. The molecule has 0 bridgehead atoms. The zero-order valence-corrected chi connectivity index (χ0v) is 14.2. The molecule has 8 heteroatoms. The number of halogens is 4. The third-order valence-corrected chi connectivity index (χ3v) is 2.14. The van der Waals surface area contributed by atoms with E-state index in [1.165, 1.54) is 11.9 Å². The molecule has 0 aromatic carbocycles. The van der Waals surface area contributed by atoms with Gasteiger partial charge in [-0.3, -0.25) is 9.89 Å². The lowest BCUT2D eigenvalue weighted by atomic mass is 10.2. The summed E-state index contributed by atoms with van der Waals surface area (Å²) in [6, 6.07) is 0. The van der Waals surface area contributed by atoms with Gasteiger partial charge in [-0.15, -0.1) is 24.0 Å². The average molecular weight is 396 g/mol. The van der Waals surface area contributed by atoms with Crippen molar-refractivity contribution in [2.24, 2.45) is 10.9 Å². The minimum atomic E-state index is -4.15. The van der Waals surface area contributed by atoms with Crippen LogP contribution in [0.15, 0.2) is 4.99 Å². The third-order valence-electron chi connectivity index (χ3n) is 2.14. The molecular weight excluding hydrogens is 372 g/mol. The number of aliphatic imine (C=N–C) groups is 1. The van der Waals surface area contributed by atoms with Crippen LogP contribution in [-0.4, -0.2) is 57.3 Å². The predicted octanol–water partition coefficient (Wildman–Crippen LogP) is 1.92. The normalized spacial score (nSPS) is 12.6. The molecular formula is C11H24F3IN4. The minimum Gasteiger partial charge on any atom is -0.356 e. The van der Waals surface area contributed by atoms with Gasteiger partial charge in [0.1, 0.15) is 0 Å². The van der Waals surface area contributed by atoms with Crippen molar-refractivity contribution in [3.63, 3.8) is 0 Å². The van der Waals surface area contributed by atoms with Crippen molar-refractivity contribution in [1.29, 1.82) is 0 Å². The maximum absolute atomic E-state index is 12.1. The molecule has 0 unspecified atom stereocenters. The van der Waals surface area contributed by atoms with Gasteiger partial charge in [0.15, 0.2) is 5.96 Å². The third kappa shape index (κ3) is 14.0. The van der Waals surface area contributed by atoms with Crippen LogP contribution in [0.4, 0.5) is 13.2 Å². The standard InChI is InChI=1S/C11H23F3N4.HI/c1-9(2)7-17-10(15-3)16-5-6-18(4)8-11(12,13)14;/h9H,5-8H2,1-4H3,(H2,15,16,17);1H. The Morgan fingerprint density at radius 3 is 2.26 bits per heavy atom. The number of hydrogen-bond acceptors (Lipinski definition) is 2. The van der Waals surface area contributed by atoms with E-state index in [4.69, 9.17) is 0 Å². The molecule has 0 aromatic heterocycles. The second kappa shape index (κ2) is 10.5. The molecule has 116 valence electrons. The summed E-state index contributed by atoms with van der Waals surface area (Å²) in [6.45, 7) is 4.74. The molecule has 0 saturated heterocycles. The van der Waals surface area contributed by atoms with Gasteiger partial charge in [0.25, 0.3) is 0 Å². The van der Waals surface area contributed by atoms with E-state index in [2.05, 4.69) is 29.5 Å². The van der Waals surface area contributed by atoms with Crippen molar-refractivity contribution in [1.82, 2.24) is 15.5 Å². The minimum absolute atomic E-state index is 0. The Labute approximate surface area is 130 Å². The maximum Gasteiger partial charge on any atom is 0.401 e. The van der Waals surface area contributed by atoms with Crippen LogP contribution in [0, 0.1) is 5.92 Å². The summed E-state index contributed by atoms with van der Waals surface area (Å²) in [7, 11) is 3.08. The van der Waals surface area contributed by atoms with E-state index in [0.29, 0.717) is 25.0 Å². The summed E-state index contributed by atoms with van der Waals surface area (Å²) >= 11 is 0. The number of likely N-dealkylation sites (N-methyl/N-ethyl adjacent to an activating group) is 1. The number of nitrogens with zero attached hydrogens (tertiary/aromatic N) is 2. The summed E-state index contributed by atoms with van der Waals surface area (Å²) in [5.41, 5.74) is 0. The smallest absolute Gasteiger partial charge is 0.356 e. The van der Waals surface area contributed by atoms with Gasteiger partial charge >= 0.3 is 6.18 Å². The second-order valence-electron chi connectivity index (χ2n) is 4.63. The molecule has 0 aliphatic carbocycles. The molecule has 19 heavy (non-hydrogen) atoms. The maximum atomic E-state index is 12.1. The van der Waals surface area contributed by atoms with Crippen LogP contribution in [-0.2, 0) is 0 Å². The van der Waals surface area contributed by atoms with Crippen LogP contribution in [0.2, 0.25) is 0 Å². The van der Waals surface area contributed by atoms with Crippen LogP contribution in [0.5, 0.6) is 0 Å². The van der Waals surface area contributed by atoms with E-state index in [-0.39, 0.29) is 24.0 Å². The highest BCUT2D eigenvalue weighted by atomic mass is 127. The molecule has 0 atom stereocenters. The van der Waals surface area contributed by atoms with Gasteiger partial charge in [0, 0.05) is 26.7 Å². The zero-order valence-electron chi connectivity index (χ0n) is 11.8. The van der Waals surface area contributed by atoms with E-state index >= 15 is 0 Å². The first-order chi connectivity index (χ1) is 8.24. The number of nitrogens with one attached hydrogen (secondary N) is 2. The SMILES string of the molecule is CN=C(NCCN(C)CC(F)(F)F)NCC(C)C.I. The first-order valence-corrected chi connectivity index (χ1v) is 5.94. The van der Waals surface area contributed by atoms with Gasteiger partial charge in [0.2, 0.25) is 0 Å². The molecule has 2 N–H and O–H groups in total. The van der Waals surface area contributed by atoms with E-state index in [0.717, 1.165) is 6.54 Å². The summed E-state index contributed by atoms with van der Waals surface area (Å²) < 4.78 is 36.2. The number of rotatable bonds is 6. The van der Waals surface area contributed by atoms with E-state index < -0.39 is 12.7 Å². The van der Waals surface area contributed by atoms with E-state index in [1.54, 1.807) is 7.05 Å². The molecule has 0 radical (unpaired) electrons. The molecule has 4 nitrogen and oxygen atoms in total. The Bertz CT molecular complexity index is 257. The number of alkyl halides is 3. The molecule has 0 spiro atoms. The molecule has 0 aliphatic rings. The topological polar surface area (TPSA) is 39.7 Å². The van der Waals surface area contributed by atoms with Crippen LogP contribution >= 0.6 is 24.0 Å². The molecule has 0 saturated carbocycles. The number of hydrogen-bond donors (Lipinski definition) is 2. The Kier molecular flexibility index (Phi) is 11.7. The summed E-state index contributed by atoms with van der Waals surface area (Å²) in [5, 5.41) is 6.06. The molecule has 0 amide bonds. The second-order valence-corrected chi connectivity index (χ2v) is 4.63. The average Bonchev–Trinajstić information content (AvgIpc) is 2.20. The fourth-order valence-corrected chi connectivity index (χ4v) is 1.27. The van der Waals surface area contributed by atoms with Gasteiger partial charge < -0.3 is 10.6 Å². The van der Waals surface area contributed by atoms with Gasteiger partial charge in [-0.25, -0.2) is 0 Å². The molecule has 0 aliphatic heterocycles. The summed E-state index contributed by atoms with van der Waals surface area (Å²) in [5.74, 6) is 1.10. The Balaban J connectivity index is 0. The fourth-order valence-electron chi connectivity index (χ4n) is 1.27. The van der Waals surface area contributed by atoms with Crippen molar-refractivity contribution in [2.45, 2.75) is 20.0 Å². The van der Waals surface area contributed by atoms with Crippen molar-refractivity contribution in [2.75, 3.05) is 40.3 Å². The summed E-state index contributed by atoms with van der Waals surface area (Å²) in [6.07, 6.45) is -4.15. The number of guanidine groups is 1. The fraction of sp³-hybridized carbons (Fsp3) is 0.909. The largest absolute Gasteiger partial charge is 0.401 e. The molecule has 0 rings (SSSR count). The van der Waals surface area contributed by atoms with Crippen molar-refractivity contribution < 1.29 is 13.2 Å². The van der Waals surface area contributed by atoms with Gasteiger partial charge in [0.05, 0.1) is 6.54 Å². The van der Waals surface area contributed by atoms with Crippen molar-refractivity contribution in [3.05, 3.63) is 0 Å². The molecule has 0 heterocycles. The lowest BCUT2D eigenvalue weighted by Gasteiger charge is -2.19. The Hall–Kier alpha value is -0.250. The highest BCUT2D eigenvalue weighted by Gasteiger charge is 2.28. The monoisotopic (exact) mass is 396 g/mol. The first-order valence-electron chi connectivity index (χ1n) is 5.94. The summed E-state index contributed by atoms with van der Waals surface area (Å²) in [4.78, 5) is 5.21. The van der Waals surface area contributed by atoms with Crippen LogP contribution in [0.3, 0.4) is 0 Å². The van der Waals surface area contributed by atoms with Crippen molar-refractivity contribution >= 4 is 29.9 Å². The Morgan fingerprint density at radius 2 is 1.84 bits per heavy atom. The quantitative estimate of drug-likeness (QED) is 0.410. The van der Waals surface area contributed by atoms with Crippen LogP contribution in [0.1, 0.15) is 13.8 Å². The zero-order chi connectivity index (χ0) is 14.2. The molecule has 0 aromatic rings. The highest BCUT2D eigenvalue weighted by molar-refractivity contribution is 14.0. The van der Waals surface area contributed by atoms with Crippen LogP contribution in [0.25, 0.3) is 0 Å². The van der Waals surface area contributed by atoms with Crippen molar-refractivity contribution in [3.8, 4) is 0 Å². The van der Waals surface area contributed by atoms with Crippen LogP contribution < -0.4 is 10.6 Å². The van der Waals surface area contributed by atoms with E-state index in [9.17, 15) is 13.2 Å². The van der Waals surface area contributed by atoms with E-state index in [1.807, 2.05) is 0 Å². The lowest BCUT2D eigenvalue weighted by Crippen LogP contribution is -2.43. The lowest BCUT2D eigenvalue weighted by molar-refractivity contribution is -0.142. The first kappa shape index (κ1) is 21.1. The van der Waals surface area contributed by atoms with Gasteiger partial charge in [-0.1, -0.05) is 13.8 Å². The van der Waals surface area contributed by atoms with Gasteiger partial charge in [-0.05, 0) is 13.0 Å².